The van der Waals surface area contributed by atoms with Gasteiger partial charge in [0.15, 0.2) is 0 Å². The van der Waals surface area contributed by atoms with Crippen LogP contribution in [0.2, 0.25) is 0 Å². The number of aromatic nitrogens is 5. The molecule has 130 valence electrons. The molecule has 0 N–H and O–H groups in total. The van der Waals surface area contributed by atoms with Crippen molar-refractivity contribution in [3.63, 3.8) is 0 Å². The Morgan fingerprint density at radius 2 is 1.88 bits per heavy atom. The Labute approximate surface area is 147 Å². The third-order valence-electron chi connectivity index (χ3n) is 4.18. The number of carboxylic acid groups (broad SMARTS) is 1. The average Bonchev–Trinajstić information content (AvgIpc) is 3.00. The number of carboxylic acids is 1. The lowest BCUT2D eigenvalue weighted by molar-refractivity contribution is -0.255. The summed E-state index contributed by atoms with van der Waals surface area (Å²) in [5.41, 5.74) is 1.70. The van der Waals surface area contributed by atoms with Gasteiger partial charge in [-0.1, -0.05) is 18.2 Å². The monoisotopic (exact) mass is 348 g/mol. The first-order valence-electron chi connectivity index (χ1n) is 7.97. The first-order chi connectivity index (χ1) is 12.4. The second-order valence-corrected chi connectivity index (χ2v) is 6.09. The highest BCUT2D eigenvalue weighted by Gasteiger charge is 2.13. The predicted octanol–water partition coefficient (Wildman–Crippen LogP) is 0.468. The Morgan fingerprint density at radius 1 is 1.15 bits per heavy atom. The topological polar surface area (TPSA) is 105 Å². The molecule has 0 unspecified atom stereocenters. The third kappa shape index (κ3) is 2.52. The lowest BCUT2D eigenvalue weighted by Gasteiger charge is -2.10. The summed E-state index contributed by atoms with van der Waals surface area (Å²) in [5, 5.41) is 15.9. The Bertz CT molecular complexity index is 1240. The number of rotatable bonds is 3. The molecular weight excluding hydrogens is 334 g/mol. The zero-order valence-corrected chi connectivity index (χ0v) is 14.1. The molecule has 4 rings (SSSR count). The maximum Gasteiger partial charge on any atom is 0.275 e. The molecule has 0 spiro atoms. The lowest BCUT2D eigenvalue weighted by Crippen LogP contribution is -2.31. The highest BCUT2D eigenvalue weighted by atomic mass is 16.4. The number of imidazole rings is 1. The molecule has 3 heterocycles. The highest BCUT2D eigenvalue weighted by Crippen LogP contribution is 2.14. The number of carbonyl (C=O) groups excluding carboxylic acids is 1. The molecule has 0 saturated carbocycles. The number of hydrogen-bond acceptors (Lipinski definition) is 6. The summed E-state index contributed by atoms with van der Waals surface area (Å²) in [6.45, 7) is 3.84. The summed E-state index contributed by atoms with van der Waals surface area (Å²) >= 11 is 0. The Kier molecular flexibility index (Phi) is 3.54. The fourth-order valence-electron chi connectivity index (χ4n) is 3.04. The van der Waals surface area contributed by atoms with Crippen molar-refractivity contribution in [1.29, 1.82) is 0 Å². The molecule has 1 aromatic carbocycles. The molecule has 3 aromatic heterocycles. The van der Waals surface area contributed by atoms with Crippen LogP contribution in [-0.2, 0) is 6.54 Å². The van der Waals surface area contributed by atoms with Crippen LogP contribution in [0.5, 0.6) is 0 Å². The molecule has 0 radical (unpaired) electrons. The van der Waals surface area contributed by atoms with E-state index in [1.165, 1.54) is 0 Å². The Balaban J connectivity index is 1.88. The Morgan fingerprint density at radius 3 is 2.62 bits per heavy atom. The van der Waals surface area contributed by atoms with E-state index in [-0.39, 0.29) is 28.6 Å². The van der Waals surface area contributed by atoms with Crippen LogP contribution in [0.4, 0.5) is 0 Å². The normalized spacial score (nSPS) is 11.3. The molecule has 0 aliphatic rings. The van der Waals surface area contributed by atoms with Gasteiger partial charge in [0.2, 0.25) is 5.78 Å². The number of nitrogens with zero attached hydrogens (tertiary/aromatic N) is 5. The first kappa shape index (κ1) is 15.9. The Hall–Kier alpha value is -3.55. The van der Waals surface area contributed by atoms with E-state index in [2.05, 4.69) is 15.1 Å². The molecule has 0 bridgehead atoms. The van der Waals surface area contributed by atoms with E-state index >= 15 is 0 Å². The second-order valence-electron chi connectivity index (χ2n) is 6.09. The summed E-state index contributed by atoms with van der Waals surface area (Å²) in [7, 11) is 0. The number of aryl methyl sites for hydroxylation is 2. The molecule has 0 saturated heterocycles. The third-order valence-corrected chi connectivity index (χ3v) is 4.18. The van der Waals surface area contributed by atoms with Gasteiger partial charge in [-0.3, -0.25) is 9.20 Å². The fraction of sp³-hybridized carbons (Fsp3) is 0.167. The summed E-state index contributed by atoms with van der Waals surface area (Å²) in [5.74, 6) is -0.912. The van der Waals surface area contributed by atoms with Gasteiger partial charge in [-0.05, 0) is 26.0 Å². The first-order valence-corrected chi connectivity index (χ1v) is 7.97. The zero-order valence-electron chi connectivity index (χ0n) is 14.1. The van der Waals surface area contributed by atoms with Crippen molar-refractivity contribution in [2.24, 2.45) is 0 Å². The van der Waals surface area contributed by atoms with Crippen molar-refractivity contribution in [1.82, 2.24) is 24.1 Å². The van der Waals surface area contributed by atoms with Gasteiger partial charge in [-0.25, -0.2) is 14.6 Å². The number of benzene rings is 1. The van der Waals surface area contributed by atoms with Crippen LogP contribution < -0.4 is 10.7 Å². The van der Waals surface area contributed by atoms with Gasteiger partial charge in [0.25, 0.3) is 5.56 Å². The van der Waals surface area contributed by atoms with Gasteiger partial charge >= 0.3 is 0 Å². The van der Waals surface area contributed by atoms with Crippen LogP contribution in [0.1, 0.15) is 27.6 Å². The summed E-state index contributed by atoms with van der Waals surface area (Å²) in [6.07, 6.45) is 1.76. The molecule has 8 heteroatoms. The van der Waals surface area contributed by atoms with Crippen molar-refractivity contribution in [2.45, 2.75) is 20.4 Å². The van der Waals surface area contributed by atoms with Crippen molar-refractivity contribution in [3.8, 4) is 0 Å². The van der Waals surface area contributed by atoms with Crippen LogP contribution in [0.15, 0.2) is 41.3 Å². The number of aromatic carboxylic acids is 1. The van der Waals surface area contributed by atoms with Gasteiger partial charge in [0.1, 0.15) is 5.69 Å². The number of carbonyl (C=O) groups is 1. The number of fused-ring (bicyclic) bond motifs is 2. The standard InChI is InChI=1S/C18H15N5O3/c1-10-7-11(2)22-8-12(20-18(22)19-10)9-23-16(24)14-6-4-3-5-13(14)15(21-23)17(25)26/h3-8H,9H2,1-2H3,(H,25,26)/p-1. The van der Waals surface area contributed by atoms with Gasteiger partial charge in [-0.2, -0.15) is 5.10 Å². The molecule has 0 aliphatic heterocycles. The molecule has 0 atom stereocenters. The minimum Gasteiger partial charge on any atom is -0.543 e. The molecule has 0 fully saturated rings. The van der Waals surface area contributed by atoms with Crippen molar-refractivity contribution < 1.29 is 9.90 Å². The van der Waals surface area contributed by atoms with E-state index in [1.54, 1.807) is 30.5 Å². The van der Waals surface area contributed by atoms with Gasteiger partial charge in [0, 0.05) is 23.0 Å². The molecule has 0 aliphatic carbocycles. The van der Waals surface area contributed by atoms with Gasteiger partial charge < -0.3 is 9.90 Å². The molecule has 4 aromatic rings. The van der Waals surface area contributed by atoms with Crippen LogP contribution in [0, 0.1) is 13.8 Å². The smallest absolute Gasteiger partial charge is 0.275 e. The minimum absolute atomic E-state index is 0.0335. The largest absolute Gasteiger partial charge is 0.543 e. The van der Waals surface area contributed by atoms with Gasteiger partial charge in [0.05, 0.1) is 23.6 Å². The molecule has 8 nitrogen and oxygen atoms in total. The average molecular weight is 348 g/mol. The van der Waals surface area contributed by atoms with E-state index in [9.17, 15) is 14.7 Å². The summed E-state index contributed by atoms with van der Waals surface area (Å²) < 4.78 is 2.91. The van der Waals surface area contributed by atoms with Crippen LogP contribution in [0.25, 0.3) is 16.6 Å². The van der Waals surface area contributed by atoms with E-state index in [4.69, 9.17) is 0 Å². The predicted molar refractivity (Wildman–Crippen MR) is 91.9 cm³/mol. The van der Waals surface area contributed by atoms with E-state index in [0.29, 0.717) is 11.5 Å². The van der Waals surface area contributed by atoms with Crippen LogP contribution >= 0.6 is 0 Å². The second kappa shape index (κ2) is 5.76. The molecular formula is C18H14N5O3-. The van der Waals surface area contributed by atoms with Crippen molar-refractivity contribution >= 4 is 22.5 Å². The quantitative estimate of drug-likeness (QED) is 0.533. The molecule has 0 amide bonds. The SMILES string of the molecule is Cc1cc(C)n2cc(Cn3nc(C(=O)[O-])c4ccccc4c3=O)nc2n1. The van der Waals surface area contributed by atoms with Crippen LogP contribution in [-0.4, -0.2) is 30.1 Å². The minimum atomic E-state index is -1.43. The van der Waals surface area contributed by atoms with Gasteiger partial charge in [-0.15, -0.1) is 0 Å². The van der Waals surface area contributed by atoms with Crippen LogP contribution in [0.3, 0.4) is 0 Å². The fourth-order valence-corrected chi connectivity index (χ4v) is 3.04. The van der Waals surface area contributed by atoms with E-state index in [1.807, 2.05) is 24.3 Å². The number of hydrogen-bond donors (Lipinski definition) is 0. The zero-order chi connectivity index (χ0) is 18.4. The van der Waals surface area contributed by atoms with E-state index in [0.717, 1.165) is 16.1 Å². The summed E-state index contributed by atoms with van der Waals surface area (Å²) in [6, 6.07) is 8.36. The maximum atomic E-state index is 12.7. The van der Waals surface area contributed by atoms with E-state index < -0.39 is 5.97 Å². The van der Waals surface area contributed by atoms with Crippen molar-refractivity contribution in [2.75, 3.05) is 0 Å². The maximum absolute atomic E-state index is 12.7. The lowest BCUT2D eigenvalue weighted by atomic mass is 10.1. The highest BCUT2D eigenvalue weighted by molar-refractivity contribution is 6.00. The molecule has 26 heavy (non-hydrogen) atoms. The summed E-state index contributed by atoms with van der Waals surface area (Å²) in [4.78, 5) is 32.9. The van der Waals surface area contributed by atoms with Crippen molar-refractivity contribution in [3.05, 3.63) is 69.7 Å².